The molecule has 1 aromatic carbocycles. The van der Waals surface area contributed by atoms with E-state index in [4.69, 9.17) is 9.47 Å². The van der Waals surface area contributed by atoms with Crippen molar-refractivity contribution in [2.24, 2.45) is 0 Å². The van der Waals surface area contributed by atoms with E-state index < -0.39 is 10.0 Å². The van der Waals surface area contributed by atoms with Crippen molar-refractivity contribution in [3.8, 4) is 11.5 Å². The van der Waals surface area contributed by atoms with E-state index in [9.17, 15) is 8.42 Å². The van der Waals surface area contributed by atoms with E-state index in [1.807, 2.05) is 12.1 Å². The SMILES string of the molecule is CCN(Cc1ccncc1)C1CN(S(=O)(=O)c2cc(OC)ccc2OC)C1. The molecule has 0 aliphatic carbocycles. The van der Waals surface area contributed by atoms with Crippen LogP contribution in [0.3, 0.4) is 0 Å². The average Bonchev–Trinajstić information content (AvgIpc) is 2.66. The number of likely N-dealkylation sites (N-methyl/N-ethyl adjacent to an activating group) is 1. The van der Waals surface area contributed by atoms with E-state index >= 15 is 0 Å². The summed E-state index contributed by atoms with van der Waals surface area (Å²) in [6, 6.07) is 8.97. The van der Waals surface area contributed by atoms with Gasteiger partial charge in [0.25, 0.3) is 0 Å². The van der Waals surface area contributed by atoms with Crippen LogP contribution >= 0.6 is 0 Å². The molecule has 0 bridgehead atoms. The first-order valence-electron chi connectivity index (χ1n) is 8.84. The first kappa shape index (κ1) is 19.6. The summed E-state index contributed by atoms with van der Waals surface area (Å²) in [7, 11) is -0.658. The molecule has 8 heteroatoms. The Kier molecular flexibility index (Phi) is 5.98. The van der Waals surface area contributed by atoms with Gasteiger partial charge in [0.2, 0.25) is 10.0 Å². The molecule has 146 valence electrons. The van der Waals surface area contributed by atoms with Gasteiger partial charge in [0.05, 0.1) is 14.2 Å². The van der Waals surface area contributed by atoms with Gasteiger partial charge < -0.3 is 9.47 Å². The van der Waals surface area contributed by atoms with E-state index in [0.29, 0.717) is 24.6 Å². The van der Waals surface area contributed by atoms with E-state index in [1.165, 1.54) is 30.2 Å². The molecular formula is C19H25N3O4S. The zero-order valence-electron chi connectivity index (χ0n) is 15.8. The Morgan fingerprint density at radius 1 is 1.15 bits per heavy atom. The topological polar surface area (TPSA) is 72.0 Å². The van der Waals surface area contributed by atoms with Crippen LogP contribution in [0.5, 0.6) is 11.5 Å². The van der Waals surface area contributed by atoms with Crippen LogP contribution in [0.1, 0.15) is 12.5 Å². The zero-order valence-corrected chi connectivity index (χ0v) is 16.6. The molecule has 2 heterocycles. The molecule has 0 atom stereocenters. The molecule has 3 rings (SSSR count). The summed E-state index contributed by atoms with van der Waals surface area (Å²) in [5, 5.41) is 0. The van der Waals surface area contributed by atoms with Crippen LogP contribution in [0.15, 0.2) is 47.6 Å². The molecule has 7 nitrogen and oxygen atoms in total. The number of methoxy groups -OCH3 is 2. The molecule has 27 heavy (non-hydrogen) atoms. The van der Waals surface area contributed by atoms with Gasteiger partial charge in [-0.2, -0.15) is 4.31 Å². The molecule has 0 amide bonds. The van der Waals surface area contributed by atoms with Gasteiger partial charge in [-0.05, 0) is 36.4 Å². The maximum Gasteiger partial charge on any atom is 0.247 e. The average molecular weight is 391 g/mol. The number of sulfonamides is 1. The molecule has 2 aromatic rings. The zero-order chi connectivity index (χ0) is 19.4. The van der Waals surface area contributed by atoms with Gasteiger partial charge in [-0.1, -0.05) is 6.92 Å². The largest absolute Gasteiger partial charge is 0.497 e. The Balaban J connectivity index is 1.72. The Bertz CT molecular complexity index is 868. The van der Waals surface area contributed by atoms with Crippen molar-refractivity contribution >= 4 is 10.0 Å². The third-order valence-electron chi connectivity index (χ3n) is 4.87. The van der Waals surface area contributed by atoms with Gasteiger partial charge in [-0.3, -0.25) is 9.88 Å². The Morgan fingerprint density at radius 3 is 2.44 bits per heavy atom. The fraction of sp³-hybridized carbons (Fsp3) is 0.421. The van der Waals surface area contributed by atoms with E-state index in [-0.39, 0.29) is 10.9 Å². The number of nitrogens with zero attached hydrogens (tertiary/aromatic N) is 3. The summed E-state index contributed by atoms with van der Waals surface area (Å²) in [6.45, 7) is 4.64. The molecule has 0 N–H and O–H groups in total. The molecule has 0 spiro atoms. The van der Waals surface area contributed by atoms with Gasteiger partial charge in [0.1, 0.15) is 16.4 Å². The fourth-order valence-corrected chi connectivity index (χ4v) is 4.88. The van der Waals surface area contributed by atoms with Crippen molar-refractivity contribution in [2.75, 3.05) is 33.9 Å². The van der Waals surface area contributed by atoms with E-state index in [2.05, 4.69) is 16.8 Å². The second-order valence-electron chi connectivity index (χ2n) is 6.41. The molecule has 1 fully saturated rings. The number of hydrogen-bond acceptors (Lipinski definition) is 6. The number of ether oxygens (including phenoxy) is 2. The molecule has 1 aliphatic rings. The summed E-state index contributed by atoms with van der Waals surface area (Å²) >= 11 is 0. The first-order chi connectivity index (χ1) is 13.0. The van der Waals surface area contributed by atoms with Crippen molar-refractivity contribution in [3.05, 3.63) is 48.3 Å². The lowest BCUT2D eigenvalue weighted by atomic mass is 10.1. The lowest BCUT2D eigenvalue weighted by Crippen LogP contribution is -2.60. The number of aromatic nitrogens is 1. The van der Waals surface area contributed by atoms with E-state index in [1.54, 1.807) is 24.5 Å². The fourth-order valence-electron chi connectivity index (χ4n) is 3.19. The Hall–Kier alpha value is -2.16. The predicted octanol–water partition coefficient (Wildman–Crippen LogP) is 1.99. The summed E-state index contributed by atoms with van der Waals surface area (Å²) in [4.78, 5) is 6.46. The Labute approximate surface area is 160 Å². The molecule has 0 saturated carbocycles. The maximum absolute atomic E-state index is 13.0. The van der Waals surface area contributed by atoms with Gasteiger partial charge >= 0.3 is 0 Å². The predicted molar refractivity (Wildman–Crippen MR) is 102 cm³/mol. The van der Waals surface area contributed by atoms with Crippen molar-refractivity contribution in [2.45, 2.75) is 24.4 Å². The highest BCUT2D eigenvalue weighted by molar-refractivity contribution is 7.89. The van der Waals surface area contributed by atoms with Crippen molar-refractivity contribution < 1.29 is 17.9 Å². The van der Waals surface area contributed by atoms with Crippen molar-refractivity contribution in [1.29, 1.82) is 0 Å². The van der Waals surface area contributed by atoms with E-state index in [0.717, 1.165) is 13.1 Å². The van der Waals surface area contributed by atoms with Crippen LogP contribution in [0.2, 0.25) is 0 Å². The van der Waals surface area contributed by atoms with Gasteiger partial charge in [0, 0.05) is 44.1 Å². The summed E-state index contributed by atoms with van der Waals surface area (Å²) in [5.41, 5.74) is 1.17. The summed E-state index contributed by atoms with van der Waals surface area (Å²) in [6.07, 6.45) is 3.55. The minimum Gasteiger partial charge on any atom is -0.497 e. The highest BCUT2D eigenvalue weighted by Gasteiger charge is 2.40. The normalized spacial score (nSPS) is 15.6. The lowest BCUT2D eigenvalue weighted by molar-refractivity contribution is 0.0861. The second kappa shape index (κ2) is 8.24. The second-order valence-corrected chi connectivity index (χ2v) is 8.32. The number of benzene rings is 1. The minimum atomic E-state index is -3.63. The lowest BCUT2D eigenvalue weighted by Gasteiger charge is -2.44. The third-order valence-corrected chi connectivity index (χ3v) is 6.73. The number of pyridine rings is 1. The molecule has 0 radical (unpaired) electrons. The Morgan fingerprint density at radius 2 is 1.85 bits per heavy atom. The number of rotatable bonds is 8. The van der Waals surface area contributed by atoms with Gasteiger partial charge in [-0.15, -0.1) is 0 Å². The maximum atomic E-state index is 13.0. The molecule has 1 aromatic heterocycles. The quantitative estimate of drug-likeness (QED) is 0.685. The standard InChI is InChI=1S/C19H25N3O4S/c1-4-21(12-15-7-9-20-10-8-15)16-13-22(14-16)27(23,24)19-11-17(25-2)5-6-18(19)26-3/h5-11,16H,4,12-14H2,1-3H3. The molecular weight excluding hydrogens is 366 g/mol. The summed E-state index contributed by atoms with van der Waals surface area (Å²) in [5.74, 6) is 0.808. The first-order valence-corrected chi connectivity index (χ1v) is 10.3. The highest BCUT2D eigenvalue weighted by Crippen LogP contribution is 2.33. The van der Waals surface area contributed by atoms with Crippen LogP contribution in [-0.4, -0.2) is 62.5 Å². The van der Waals surface area contributed by atoms with Gasteiger partial charge in [-0.25, -0.2) is 8.42 Å². The van der Waals surface area contributed by atoms with Crippen LogP contribution in [-0.2, 0) is 16.6 Å². The van der Waals surface area contributed by atoms with Gasteiger partial charge in [0.15, 0.2) is 0 Å². The summed E-state index contributed by atoms with van der Waals surface area (Å²) < 4.78 is 38.0. The number of hydrogen-bond donors (Lipinski definition) is 0. The molecule has 1 aliphatic heterocycles. The minimum absolute atomic E-state index is 0.139. The molecule has 1 saturated heterocycles. The van der Waals surface area contributed by atoms with Crippen LogP contribution in [0.25, 0.3) is 0 Å². The van der Waals surface area contributed by atoms with Crippen LogP contribution in [0, 0.1) is 0 Å². The monoisotopic (exact) mass is 391 g/mol. The van der Waals surface area contributed by atoms with Crippen molar-refractivity contribution in [1.82, 2.24) is 14.2 Å². The third kappa shape index (κ3) is 4.07. The highest BCUT2D eigenvalue weighted by atomic mass is 32.2. The van der Waals surface area contributed by atoms with Crippen LogP contribution < -0.4 is 9.47 Å². The van der Waals surface area contributed by atoms with Crippen LogP contribution in [0.4, 0.5) is 0 Å². The van der Waals surface area contributed by atoms with Crippen molar-refractivity contribution in [3.63, 3.8) is 0 Å². The molecule has 0 unspecified atom stereocenters. The smallest absolute Gasteiger partial charge is 0.247 e.